The number of rotatable bonds is 3. The molecule has 5 heteroatoms. The highest BCUT2D eigenvalue weighted by molar-refractivity contribution is 6.32. The minimum absolute atomic E-state index is 0.0344. The van der Waals surface area contributed by atoms with Gasteiger partial charge >= 0.3 is 5.97 Å². The molecule has 2 unspecified atom stereocenters. The molecule has 0 spiro atoms. The number of fused-ring (bicyclic) bond motifs is 3. The number of carboxylic acids is 1. The van der Waals surface area contributed by atoms with E-state index >= 15 is 0 Å². The summed E-state index contributed by atoms with van der Waals surface area (Å²) in [6.45, 7) is 0. The number of nitrogens with zero attached hydrogens (tertiary/aromatic N) is 2. The van der Waals surface area contributed by atoms with Crippen molar-refractivity contribution in [3.63, 3.8) is 0 Å². The van der Waals surface area contributed by atoms with Crippen molar-refractivity contribution in [1.82, 2.24) is 0 Å². The largest absolute Gasteiger partial charge is 0.478 e. The molecule has 0 bridgehead atoms. The average Bonchev–Trinajstić information content (AvgIpc) is 3.38. The lowest BCUT2D eigenvalue weighted by Crippen LogP contribution is -2.31. The molecule has 4 nitrogen and oxygen atoms in total. The summed E-state index contributed by atoms with van der Waals surface area (Å²) >= 11 is 6.43. The van der Waals surface area contributed by atoms with Crippen molar-refractivity contribution >= 4 is 29.0 Å². The molecule has 1 saturated carbocycles. The first-order valence-corrected chi connectivity index (χ1v) is 11.3. The van der Waals surface area contributed by atoms with Crippen LogP contribution in [0.15, 0.2) is 65.3 Å². The van der Waals surface area contributed by atoms with Gasteiger partial charge in [-0.3, -0.25) is 5.01 Å². The number of halogens is 1. The van der Waals surface area contributed by atoms with Crippen LogP contribution in [0.5, 0.6) is 0 Å². The van der Waals surface area contributed by atoms with E-state index in [1.165, 1.54) is 18.4 Å². The van der Waals surface area contributed by atoms with Gasteiger partial charge in [0.05, 0.1) is 28.0 Å². The number of carbonyl (C=O) groups is 1. The van der Waals surface area contributed by atoms with Gasteiger partial charge in [0.2, 0.25) is 0 Å². The van der Waals surface area contributed by atoms with Gasteiger partial charge in [0.25, 0.3) is 0 Å². The van der Waals surface area contributed by atoms with E-state index in [0.29, 0.717) is 22.6 Å². The molecule has 160 valence electrons. The first-order chi connectivity index (χ1) is 15.5. The molecule has 0 amide bonds. The maximum absolute atomic E-state index is 11.5. The van der Waals surface area contributed by atoms with Crippen LogP contribution in [0.3, 0.4) is 0 Å². The average molecular weight is 443 g/mol. The fraction of sp³-hybridized carbons (Fsp3) is 0.259. The number of hydrogen-bond donors (Lipinski definition) is 1. The summed E-state index contributed by atoms with van der Waals surface area (Å²) in [5.41, 5.74) is 6.28. The smallest absolute Gasteiger partial charge is 0.335 e. The highest BCUT2D eigenvalue weighted by Crippen LogP contribution is 2.38. The standard InChI is InChI=1S/C27H23ClN2O2/c1-2-18-10-12-21(16-24(18)28)30-25(14-17-6-3-4-7-17)23-9-5-8-19-15-20(27(31)32)11-13-22(19)26(23)29-30/h1,5,9-16,23,25H,3-4,6-8H2,(H,31,32). The first kappa shape index (κ1) is 20.6. The molecule has 2 aromatic rings. The van der Waals surface area contributed by atoms with Gasteiger partial charge in [-0.2, -0.15) is 5.10 Å². The normalized spacial score (nSPS) is 21.4. The molecule has 5 rings (SSSR count). The summed E-state index contributed by atoms with van der Waals surface area (Å²) in [6.07, 6.45) is 17.7. The number of carboxylic acid groups (broad SMARTS) is 1. The number of terminal acetylenes is 1. The van der Waals surface area contributed by atoms with E-state index < -0.39 is 5.97 Å². The third-order valence-electron chi connectivity index (χ3n) is 6.52. The van der Waals surface area contributed by atoms with Crippen LogP contribution in [0.25, 0.3) is 0 Å². The van der Waals surface area contributed by atoms with Crippen LogP contribution < -0.4 is 5.01 Å². The Morgan fingerprint density at radius 1 is 1.22 bits per heavy atom. The van der Waals surface area contributed by atoms with Crippen LogP contribution in [-0.2, 0) is 6.42 Å². The Hall–Kier alpha value is -3.29. The first-order valence-electron chi connectivity index (χ1n) is 10.9. The maximum Gasteiger partial charge on any atom is 0.335 e. The van der Waals surface area contributed by atoms with E-state index in [2.05, 4.69) is 24.1 Å². The van der Waals surface area contributed by atoms with Crippen LogP contribution in [-0.4, -0.2) is 22.8 Å². The van der Waals surface area contributed by atoms with E-state index in [1.54, 1.807) is 12.1 Å². The lowest BCUT2D eigenvalue weighted by atomic mass is 9.88. The highest BCUT2D eigenvalue weighted by atomic mass is 35.5. The summed E-state index contributed by atoms with van der Waals surface area (Å²) in [5.74, 6) is 1.77. The van der Waals surface area contributed by atoms with E-state index in [-0.39, 0.29) is 12.0 Å². The van der Waals surface area contributed by atoms with Crippen LogP contribution >= 0.6 is 11.6 Å². The minimum Gasteiger partial charge on any atom is -0.478 e. The minimum atomic E-state index is -0.917. The number of benzene rings is 2. The SMILES string of the molecule is C#Cc1ccc(N2N=C3c4ccc(C(=O)O)cc4CC=CC3C2C=C2CCCC2)cc1Cl. The summed E-state index contributed by atoms with van der Waals surface area (Å²) in [7, 11) is 0. The number of anilines is 1. The van der Waals surface area contributed by atoms with Gasteiger partial charge in [-0.05, 0) is 68.0 Å². The fourth-order valence-electron chi connectivity index (χ4n) is 4.89. The Balaban J connectivity index is 1.63. The molecule has 1 aliphatic heterocycles. The second-order valence-electron chi connectivity index (χ2n) is 8.50. The predicted molar refractivity (Wildman–Crippen MR) is 128 cm³/mol. The highest BCUT2D eigenvalue weighted by Gasteiger charge is 2.38. The van der Waals surface area contributed by atoms with Crippen molar-refractivity contribution in [2.45, 2.75) is 38.1 Å². The number of hydrazone groups is 1. The second kappa shape index (κ2) is 8.33. The van der Waals surface area contributed by atoms with Gasteiger partial charge in [-0.1, -0.05) is 47.4 Å². The number of hydrogen-bond acceptors (Lipinski definition) is 3. The summed E-state index contributed by atoms with van der Waals surface area (Å²) in [5, 5.41) is 17.1. The third-order valence-corrected chi connectivity index (χ3v) is 6.83. The van der Waals surface area contributed by atoms with E-state index in [4.69, 9.17) is 23.1 Å². The third kappa shape index (κ3) is 3.63. The molecule has 0 radical (unpaired) electrons. The maximum atomic E-state index is 11.5. The van der Waals surface area contributed by atoms with Gasteiger partial charge in [-0.15, -0.1) is 6.42 Å². The van der Waals surface area contributed by atoms with Crippen molar-refractivity contribution in [1.29, 1.82) is 0 Å². The Morgan fingerprint density at radius 2 is 2.03 bits per heavy atom. The molecule has 2 atom stereocenters. The van der Waals surface area contributed by atoms with Crippen molar-refractivity contribution in [2.75, 3.05) is 5.01 Å². The molecular formula is C27H23ClN2O2. The summed E-state index contributed by atoms with van der Waals surface area (Å²) in [6, 6.07) is 11.1. The topological polar surface area (TPSA) is 52.9 Å². The molecule has 2 aliphatic carbocycles. The van der Waals surface area contributed by atoms with Crippen molar-refractivity contribution < 1.29 is 9.90 Å². The van der Waals surface area contributed by atoms with Crippen LogP contribution in [0.2, 0.25) is 5.02 Å². The van der Waals surface area contributed by atoms with Crippen molar-refractivity contribution in [3.8, 4) is 12.3 Å². The zero-order valence-corrected chi connectivity index (χ0v) is 18.3. The Bertz CT molecular complexity index is 1230. The molecule has 1 fully saturated rings. The quantitative estimate of drug-likeness (QED) is 0.479. The lowest BCUT2D eigenvalue weighted by Gasteiger charge is -2.25. The molecule has 0 aromatic heterocycles. The summed E-state index contributed by atoms with van der Waals surface area (Å²) < 4.78 is 0. The Kier molecular flexibility index (Phi) is 5.36. The molecule has 0 saturated heterocycles. The van der Waals surface area contributed by atoms with Crippen LogP contribution in [0.1, 0.15) is 52.7 Å². The molecule has 2 aromatic carbocycles. The van der Waals surface area contributed by atoms with Gasteiger partial charge in [0.15, 0.2) is 0 Å². The molecule has 1 N–H and O–H groups in total. The van der Waals surface area contributed by atoms with Crippen LogP contribution in [0, 0.1) is 18.3 Å². The van der Waals surface area contributed by atoms with Gasteiger partial charge < -0.3 is 5.11 Å². The van der Waals surface area contributed by atoms with E-state index in [0.717, 1.165) is 35.4 Å². The van der Waals surface area contributed by atoms with Crippen molar-refractivity contribution in [2.24, 2.45) is 11.0 Å². The molecule has 1 heterocycles. The van der Waals surface area contributed by atoms with E-state index in [1.807, 2.05) is 29.3 Å². The van der Waals surface area contributed by atoms with Gasteiger partial charge in [0.1, 0.15) is 0 Å². The second-order valence-corrected chi connectivity index (χ2v) is 8.90. The predicted octanol–water partition coefficient (Wildman–Crippen LogP) is 5.84. The molecule has 3 aliphatic rings. The number of allylic oxidation sites excluding steroid dienone is 2. The Labute approximate surface area is 192 Å². The Morgan fingerprint density at radius 3 is 2.75 bits per heavy atom. The fourth-order valence-corrected chi connectivity index (χ4v) is 5.12. The summed E-state index contributed by atoms with van der Waals surface area (Å²) in [4.78, 5) is 11.5. The molecule has 32 heavy (non-hydrogen) atoms. The van der Waals surface area contributed by atoms with E-state index in [9.17, 15) is 9.90 Å². The van der Waals surface area contributed by atoms with Crippen molar-refractivity contribution in [3.05, 3.63) is 87.5 Å². The van der Waals surface area contributed by atoms with Gasteiger partial charge in [0, 0.05) is 17.0 Å². The number of aromatic carboxylic acids is 1. The lowest BCUT2D eigenvalue weighted by molar-refractivity contribution is 0.0696. The zero-order chi connectivity index (χ0) is 22.2. The van der Waals surface area contributed by atoms with Crippen LogP contribution in [0.4, 0.5) is 5.69 Å². The van der Waals surface area contributed by atoms with Gasteiger partial charge in [-0.25, -0.2) is 4.79 Å². The monoisotopic (exact) mass is 442 g/mol. The molecular weight excluding hydrogens is 420 g/mol. The zero-order valence-electron chi connectivity index (χ0n) is 17.6.